The molecule has 4 nitrogen and oxygen atoms in total. The zero-order valence-electron chi connectivity index (χ0n) is 12.0. The summed E-state index contributed by atoms with van der Waals surface area (Å²) in [6, 6.07) is 5.44. The molecule has 5 heteroatoms. The van der Waals surface area contributed by atoms with Gasteiger partial charge in [0.2, 0.25) is 0 Å². The Kier molecular flexibility index (Phi) is 5.26. The summed E-state index contributed by atoms with van der Waals surface area (Å²) in [5.74, 6) is 0.423. The molecule has 0 spiro atoms. The van der Waals surface area contributed by atoms with Crippen molar-refractivity contribution in [1.82, 2.24) is 4.90 Å². The standard InChI is InChI=1S/C15H21ClN2O2/c1-11-5-3-7-13(16)14(11)17-15(19)18(2)9-12-6-4-8-20-10-12/h3,5,7,12H,4,6,8-10H2,1-2H3,(H,17,19)/t12-/m0/s1. The Morgan fingerprint density at radius 2 is 2.35 bits per heavy atom. The van der Waals surface area contributed by atoms with Crippen molar-refractivity contribution in [3.63, 3.8) is 0 Å². The molecule has 0 bridgehead atoms. The fourth-order valence-corrected chi connectivity index (χ4v) is 2.68. The number of aryl methyl sites for hydroxylation is 1. The van der Waals surface area contributed by atoms with Crippen molar-refractivity contribution in [2.45, 2.75) is 19.8 Å². The van der Waals surface area contributed by atoms with Crippen molar-refractivity contribution in [2.24, 2.45) is 5.92 Å². The maximum Gasteiger partial charge on any atom is 0.321 e. The van der Waals surface area contributed by atoms with Crippen molar-refractivity contribution in [3.05, 3.63) is 28.8 Å². The van der Waals surface area contributed by atoms with Crippen LogP contribution in [0.5, 0.6) is 0 Å². The predicted molar refractivity (Wildman–Crippen MR) is 81.4 cm³/mol. The van der Waals surface area contributed by atoms with Crippen LogP contribution in [0, 0.1) is 12.8 Å². The summed E-state index contributed by atoms with van der Waals surface area (Å²) in [7, 11) is 1.80. The molecule has 2 rings (SSSR count). The van der Waals surface area contributed by atoms with E-state index in [0.717, 1.165) is 31.6 Å². The lowest BCUT2D eigenvalue weighted by atomic mass is 10.0. The molecule has 0 aliphatic carbocycles. The van der Waals surface area contributed by atoms with E-state index in [1.54, 1.807) is 18.0 Å². The van der Waals surface area contributed by atoms with E-state index < -0.39 is 0 Å². The number of nitrogens with one attached hydrogen (secondary N) is 1. The molecule has 1 aliphatic rings. The summed E-state index contributed by atoms with van der Waals surface area (Å²) in [4.78, 5) is 13.9. The molecule has 20 heavy (non-hydrogen) atoms. The number of para-hydroxylation sites is 1. The van der Waals surface area contributed by atoms with Crippen LogP contribution in [-0.4, -0.2) is 37.7 Å². The van der Waals surface area contributed by atoms with E-state index in [1.165, 1.54) is 0 Å². The van der Waals surface area contributed by atoms with Crippen LogP contribution < -0.4 is 5.32 Å². The Labute approximate surface area is 125 Å². The largest absolute Gasteiger partial charge is 0.381 e. The Morgan fingerprint density at radius 1 is 1.55 bits per heavy atom. The van der Waals surface area contributed by atoms with Gasteiger partial charge in [-0.15, -0.1) is 0 Å². The molecule has 1 aromatic carbocycles. The summed E-state index contributed by atoms with van der Waals surface area (Å²) in [5.41, 5.74) is 1.64. The smallest absolute Gasteiger partial charge is 0.321 e. The van der Waals surface area contributed by atoms with Crippen LogP contribution in [0.2, 0.25) is 5.02 Å². The van der Waals surface area contributed by atoms with Gasteiger partial charge in [-0.05, 0) is 31.4 Å². The first-order valence-electron chi connectivity index (χ1n) is 6.93. The lowest BCUT2D eigenvalue weighted by Gasteiger charge is -2.27. The van der Waals surface area contributed by atoms with Gasteiger partial charge in [-0.1, -0.05) is 23.7 Å². The number of hydrogen-bond acceptors (Lipinski definition) is 2. The zero-order chi connectivity index (χ0) is 14.5. The first-order chi connectivity index (χ1) is 9.58. The summed E-state index contributed by atoms with van der Waals surface area (Å²) >= 11 is 6.12. The first kappa shape index (κ1) is 15.1. The normalized spacial score (nSPS) is 18.6. The van der Waals surface area contributed by atoms with Gasteiger partial charge in [0, 0.05) is 26.1 Å². The molecular weight excluding hydrogens is 276 g/mol. The highest BCUT2D eigenvalue weighted by molar-refractivity contribution is 6.33. The van der Waals surface area contributed by atoms with Crippen LogP contribution in [0.4, 0.5) is 10.5 Å². The molecular formula is C15H21ClN2O2. The van der Waals surface area contributed by atoms with Crippen molar-refractivity contribution in [3.8, 4) is 0 Å². The average Bonchev–Trinajstić information content (AvgIpc) is 2.44. The molecule has 1 N–H and O–H groups in total. The Morgan fingerprint density at radius 3 is 3.00 bits per heavy atom. The number of nitrogens with zero attached hydrogens (tertiary/aromatic N) is 1. The predicted octanol–water partition coefficient (Wildman–Crippen LogP) is 3.54. The van der Waals surface area contributed by atoms with Gasteiger partial charge >= 0.3 is 6.03 Å². The third-order valence-electron chi connectivity index (χ3n) is 3.59. The second-order valence-corrected chi connectivity index (χ2v) is 5.73. The van der Waals surface area contributed by atoms with Crippen LogP contribution in [0.15, 0.2) is 18.2 Å². The summed E-state index contributed by atoms with van der Waals surface area (Å²) in [5, 5.41) is 3.44. The van der Waals surface area contributed by atoms with Gasteiger partial charge in [-0.25, -0.2) is 4.79 Å². The van der Waals surface area contributed by atoms with Gasteiger partial charge in [0.1, 0.15) is 0 Å². The lowest BCUT2D eigenvalue weighted by Crippen LogP contribution is -2.37. The number of ether oxygens (including phenoxy) is 1. The van der Waals surface area contributed by atoms with Gasteiger partial charge in [-0.3, -0.25) is 0 Å². The second-order valence-electron chi connectivity index (χ2n) is 5.33. The molecule has 1 saturated heterocycles. The monoisotopic (exact) mass is 296 g/mol. The number of rotatable bonds is 3. The SMILES string of the molecule is Cc1cccc(Cl)c1NC(=O)N(C)C[C@@H]1CCCOC1. The highest BCUT2D eigenvalue weighted by atomic mass is 35.5. The molecule has 1 aromatic rings. The zero-order valence-corrected chi connectivity index (χ0v) is 12.7. The van der Waals surface area contributed by atoms with Crippen LogP contribution in [0.1, 0.15) is 18.4 Å². The maximum atomic E-state index is 12.2. The third-order valence-corrected chi connectivity index (χ3v) is 3.90. The fourth-order valence-electron chi connectivity index (χ4n) is 2.41. The molecule has 0 aromatic heterocycles. The number of carbonyl (C=O) groups is 1. The van der Waals surface area contributed by atoms with Crippen molar-refractivity contribution in [2.75, 3.05) is 32.1 Å². The van der Waals surface area contributed by atoms with Crippen LogP contribution in [-0.2, 0) is 4.74 Å². The Hall–Kier alpha value is -1.26. The first-order valence-corrected chi connectivity index (χ1v) is 7.30. The molecule has 1 heterocycles. The van der Waals surface area contributed by atoms with Crippen molar-refractivity contribution >= 4 is 23.3 Å². The van der Waals surface area contributed by atoms with Gasteiger partial charge < -0.3 is 15.0 Å². The van der Waals surface area contributed by atoms with Gasteiger partial charge in [0.05, 0.1) is 17.3 Å². The Bertz CT molecular complexity index is 453. The Balaban J connectivity index is 1.93. The number of anilines is 1. The fraction of sp³-hybridized carbons (Fsp3) is 0.533. The molecule has 0 saturated carbocycles. The molecule has 1 atom stereocenters. The van der Waals surface area contributed by atoms with Crippen LogP contribution in [0.3, 0.4) is 0 Å². The van der Waals surface area contributed by atoms with E-state index in [9.17, 15) is 4.79 Å². The molecule has 0 unspecified atom stereocenters. The molecule has 2 amide bonds. The van der Waals surface area contributed by atoms with E-state index in [4.69, 9.17) is 16.3 Å². The van der Waals surface area contributed by atoms with E-state index >= 15 is 0 Å². The van der Waals surface area contributed by atoms with E-state index in [-0.39, 0.29) is 6.03 Å². The molecule has 110 valence electrons. The number of hydrogen-bond donors (Lipinski definition) is 1. The quantitative estimate of drug-likeness (QED) is 0.927. The average molecular weight is 297 g/mol. The molecule has 0 radical (unpaired) electrons. The summed E-state index contributed by atoms with van der Waals surface area (Å²) < 4.78 is 5.44. The number of benzene rings is 1. The minimum atomic E-state index is -0.133. The number of carbonyl (C=O) groups excluding carboxylic acids is 1. The van der Waals surface area contributed by atoms with E-state index in [0.29, 0.717) is 23.2 Å². The van der Waals surface area contributed by atoms with Crippen LogP contribution in [0.25, 0.3) is 0 Å². The minimum absolute atomic E-state index is 0.133. The highest BCUT2D eigenvalue weighted by Gasteiger charge is 2.19. The number of urea groups is 1. The van der Waals surface area contributed by atoms with Crippen molar-refractivity contribution < 1.29 is 9.53 Å². The summed E-state index contributed by atoms with van der Waals surface area (Å²) in [6.07, 6.45) is 2.19. The van der Waals surface area contributed by atoms with E-state index in [1.807, 2.05) is 19.1 Å². The maximum absolute atomic E-state index is 12.2. The van der Waals surface area contributed by atoms with Gasteiger partial charge in [0.25, 0.3) is 0 Å². The third kappa shape index (κ3) is 3.87. The number of amides is 2. The van der Waals surface area contributed by atoms with Crippen LogP contribution >= 0.6 is 11.6 Å². The van der Waals surface area contributed by atoms with Crippen molar-refractivity contribution in [1.29, 1.82) is 0 Å². The number of halogens is 1. The lowest BCUT2D eigenvalue weighted by molar-refractivity contribution is 0.0464. The molecule has 1 aliphatic heterocycles. The van der Waals surface area contributed by atoms with Gasteiger partial charge in [0.15, 0.2) is 0 Å². The summed E-state index contributed by atoms with van der Waals surface area (Å²) in [6.45, 7) is 4.21. The molecule has 1 fully saturated rings. The van der Waals surface area contributed by atoms with Gasteiger partial charge in [-0.2, -0.15) is 0 Å². The van der Waals surface area contributed by atoms with E-state index in [2.05, 4.69) is 5.32 Å². The minimum Gasteiger partial charge on any atom is -0.381 e. The second kappa shape index (κ2) is 6.95. The topological polar surface area (TPSA) is 41.6 Å². The highest BCUT2D eigenvalue weighted by Crippen LogP contribution is 2.25.